The van der Waals surface area contributed by atoms with E-state index in [0.717, 1.165) is 0 Å². The van der Waals surface area contributed by atoms with Gasteiger partial charge in [-0.3, -0.25) is 19.2 Å². The van der Waals surface area contributed by atoms with Crippen molar-refractivity contribution >= 4 is 85.5 Å². The van der Waals surface area contributed by atoms with Crippen molar-refractivity contribution in [2.75, 3.05) is 92.4 Å². The van der Waals surface area contributed by atoms with Crippen LogP contribution in [0.25, 0.3) is 0 Å². The number of nitrogens with zero attached hydrogens (tertiary/aromatic N) is 4. The number of carboxylic acids is 5. The van der Waals surface area contributed by atoms with Crippen molar-refractivity contribution < 1.29 is 127 Å². The Morgan fingerprint density at radius 2 is 0.720 bits per heavy atom. The van der Waals surface area contributed by atoms with Gasteiger partial charge in [0.15, 0.2) is 11.9 Å². The second-order valence-corrected chi connectivity index (χ2v) is 21.9. The number of halogens is 3. The Morgan fingerprint density at radius 3 is 0.957 bits per heavy atom. The lowest BCUT2D eigenvalue weighted by molar-refractivity contribution is -0.192. The molecular formula is C54H69F3N10O24S2. The van der Waals surface area contributed by atoms with Crippen LogP contribution in [-0.2, 0) is 85.9 Å². The summed E-state index contributed by atoms with van der Waals surface area (Å²) >= 11 is 0. The third kappa shape index (κ3) is 31.3. The minimum atomic E-state index is -5.08. The largest absolute Gasteiger partial charge is 0.490 e. The molecule has 0 aliphatic rings. The number of nitrogens with one attached hydrogen (secondary N) is 2. The summed E-state index contributed by atoms with van der Waals surface area (Å²) in [5.74, 6) is -10.7. The number of guanidine groups is 2. The summed E-state index contributed by atoms with van der Waals surface area (Å²) in [6.07, 6.45) is -7.17. The Kier molecular flexibility index (Phi) is 33.7. The summed E-state index contributed by atoms with van der Waals surface area (Å²) in [5.41, 5.74) is 23.5. The average Bonchev–Trinajstić information content (AvgIpc) is 0.885. The molecule has 2 atom stereocenters. The van der Waals surface area contributed by atoms with Gasteiger partial charge in [0, 0.05) is 26.2 Å². The van der Waals surface area contributed by atoms with Gasteiger partial charge in [0.1, 0.15) is 23.6 Å². The molecule has 0 radical (unpaired) electrons. The van der Waals surface area contributed by atoms with Gasteiger partial charge >= 0.3 is 48.0 Å². The maximum absolute atomic E-state index is 13.4. The third-order valence-electron chi connectivity index (χ3n) is 11.5. The van der Waals surface area contributed by atoms with E-state index in [9.17, 15) is 79.2 Å². The quantitative estimate of drug-likeness (QED) is 0.00945. The van der Waals surface area contributed by atoms with Gasteiger partial charge < -0.3 is 86.4 Å². The van der Waals surface area contributed by atoms with Crippen molar-refractivity contribution in [3.8, 4) is 11.5 Å². The van der Waals surface area contributed by atoms with Crippen LogP contribution in [0, 0.1) is 0 Å². The maximum Gasteiger partial charge on any atom is 0.490 e. The summed E-state index contributed by atoms with van der Waals surface area (Å²) < 4.78 is 134. The van der Waals surface area contributed by atoms with E-state index in [2.05, 4.69) is 19.4 Å². The zero-order valence-electron chi connectivity index (χ0n) is 49.2. The number of carbonyl (C=O) groups excluding carboxylic acids is 2. The lowest BCUT2D eigenvalue weighted by atomic mass is 10.2. The molecule has 93 heavy (non-hydrogen) atoms. The van der Waals surface area contributed by atoms with Crippen molar-refractivity contribution in [1.29, 1.82) is 0 Å². The molecule has 4 rings (SSSR count). The summed E-state index contributed by atoms with van der Waals surface area (Å²) in [5, 5.41) is 45.4. The van der Waals surface area contributed by atoms with Crippen molar-refractivity contribution in [3.63, 3.8) is 0 Å². The second kappa shape index (κ2) is 40.1. The minimum Gasteiger partial charge on any atom is -0.481 e. The first-order valence-electron chi connectivity index (χ1n) is 27.1. The van der Waals surface area contributed by atoms with Crippen molar-refractivity contribution in [1.82, 2.24) is 18.1 Å². The molecule has 39 heteroatoms. The van der Waals surface area contributed by atoms with Crippen LogP contribution in [0.3, 0.4) is 0 Å². The Morgan fingerprint density at radius 1 is 0.452 bits per heavy atom. The van der Waals surface area contributed by atoms with E-state index in [1.165, 1.54) is 97.1 Å². The monoisotopic (exact) mass is 1360 g/mol. The number of carbonyl (C=O) groups is 7. The predicted octanol–water partition coefficient (Wildman–Crippen LogP) is 0.496. The number of ether oxygens (including phenoxy) is 8. The molecule has 0 aliphatic carbocycles. The van der Waals surface area contributed by atoms with E-state index in [1.807, 2.05) is 0 Å². The average molecular weight is 1360 g/mol. The Hall–Kier alpha value is -9.00. The number of esters is 2. The molecule has 0 saturated heterocycles. The van der Waals surface area contributed by atoms with Gasteiger partial charge in [-0.05, 0) is 83.9 Å². The maximum atomic E-state index is 13.4. The summed E-state index contributed by atoms with van der Waals surface area (Å²) in [6.45, 7) is -1.34. The number of aliphatic imine (C=N–C) groups is 2. The van der Waals surface area contributed by atoms with Crippen molar-refractivity contribution in [3.05, 3.63) is 119 Å². The number of benzene rings is 4. The van der Waals surface area contributed by atoms with Crippen molar-refractivity contribution in [2.45, 2.75) is 44.2 Å². The standard InChI is InChI=1S/C52H68N10O22S2.C2HF3O2/c53-51(54)59-39-9-5-37(6-10-39)49(71)83-41-13-1-35(2-14-41)33-57-85(73,74)61(43(47(67)68)31-45(63)64)17-19-77-21-23-79-25-27-81-29-30-82-28-26-80-24-22-78-20-18-62(44(48(69)70)32-46(65)66)86(75,76)58-34-36-3-15-42(16-4-36)84-50(72)38-7-11-40(12-8-38)60-52(55)56;3-2(4,5)1(6)7/h1-16,43-44,57-58H,17-34H2,(H,63,64)(H,65,66)(H,67,68)(H,69,70)(H4,53,54,59)(H4,55,56,60);(H,6,7)/t43-,44-;/m0./s1. The first kappa shape index (κ1) is 78.2. The lowest BCUT2D eigenvalue weighted by Crippen LogP contribution is -2.51. The lowest BCUT2D eigenvalue weighted by Gasteiger charge is -2.27. The van der Waals surface area contributed by atoms with Gasteiger partial charge in [-0.1, -0.05) is 24.3 Å². The van der Waals surface area contributed by atoms with Crippen LogP contribution in [0.5, 0.6) is 11.5 Å². The zero-order chi connectivity index (χ0) is 69.2. The summed E-state index contributed by atoms with van der Waals surface area (Å²) in [6, 6.07) is 19.4. The molecule has 0 fully saturated rings. The summed E-state index contributed by atoms with van der Waals surface area (Å²) in [7, 11) is -9.24. The fraction of sp³-hybridized carbons (Fsp3) is 0.389. The van der Waals surface area contributed by atoms with Crippen LogP contribution >= 0.6 is 0 Å². The number of hydrogen-bond donors (Lipinski definition) is 11. The molecule has 0 saturated carbocycles. The number of nitrogens with two attached hydrogens (primary N) is 4. The molecule has 0 amide bonds. The first-order valence-corrected chi connectivity index (χ1v) is 30.0. The van der Waals surface area contributed by atoms with E-state index >= 15 is 0 Å². The van der Waals surface area contributed by atoms with E-state index in [1.54, 1.807) is 0 Å². The van der Waals surface area contributed by atoms with Gasteiger partial charge in [-0.25, -0.2) is 24.4 Å². The van der Waals surface area contributed by atoms with Crippen molar-refractivity contribution in [2.24, 2.45) is 32.9 Å². The molecule has 15 N–H and O–H groups in total. The molecule has 0 bridgehead atoms. The topological polar surface area (TPSA) is 522 Å². The molecule has 4 aromatic carbocycles. The molecule has 0 spiro atoms. The van der Waals surface area contributed by atoms with Gasteiger partial charge in [-0.2, -0.15) is 48.1 Å². The van der Waals surface area contributed by atoms with Crippen LogP contribution < -0.4 is 41.9 Å². The second-order valence-electron chi connectivity index (χ2n) is 18.5. The fourth-order valence-electron chi connectivity index (χ4n) is 7.19. The highest BCUT2D eigenvalue weighted by molar-refractivity contribution is 7.87. The molecule has 0 aromatic heterocycles. The Bertz CT molecular complexity index is 3140. The van der Waals surface area contributed by atoms with Crippen LogP contribution in [-0.4, -0.2) is 215 Å². The fourth-order valence-corrected chi connectivity index (χ4v) is 9.85. The zero-order valence-corrected chi connectivity index (χ0v) is 50.8. The van der Waals surface area contributed by atoms with Crippen LogP contribution in [0.1, 0.15) is 44.7 Å². The highest BCUT2D eigenvalue weighted by Crippen LogP contribution is 2.21. The summed E-state index contributed by atoms with van der Waals surface area (Å²) in [4.78, 5) is 89.0. The van der Waals surface area contributed by atoms with Gasteiger partial charge in [0.05, 0.1) is 115 Å². The SMILES string of the molecule is NC(N)=Nc1ccc(C(=O)Oc2ccc(CNS(=O)(=O)N(CCOCCOCCOCCOCCOCCOCCN([C@@H](CC(=O)O)C(=O)O)S(=O)(=O)NCc3ccc(OC(=O)c4ccc(N=C(N)N)cc4)cc3)[C@@H](CC(=O)O)C(=O)O)cc2)cc1.O=C(O)C(F)(F)F. The molecule has 34 nitrogen and oxygen atoms in total. The Balaban J connectivity index is 0.00000304. The van der Waals surface area contributed by atoms with E-state index in [-0.39, 0.29) is 127 Å². The highest BCUT2D eigenvalue weighted by Gasteiger charge is 2.39. The molecule has 0 aliphatic heterocycles. The Labute approximate surface area is 529 Å². The van der Waals surface area contributed by atoms with Crippen LogP contribution in [0.2, 0.25) is 0 Å². The van der Waals surface area contributed by atoms with E-state index in [0.29, 0.717) is 31.1 Å². The van der Waals surface area contributed by atoms with Gasteiger partial charge in [0.2, 0.25) is 0 Å². The molecule has 0 unspecified atom stereocenters. The number of rotatable bonds is 43. The molecule has 512 valence electrons. The van der Waals surface area contributed by atoms with Gasteiger partial charge in [-0.15, -0.1) is 0 Å². The third-order valence-corrected chi connectivity index (χ3v) is 14.7. The van der Waals surface area contributed by atoms with E-state index in [4.69, 9.17) is 70.7 Å². The smallest absolute Gasteiger partial charge is 0.481 e. The van der Waals surface area contributed by atoms with Crippen LogP contribution in [0.4, 0.5) is 24.5 Å². The minimum absolute atomic E-state index is 0.0348. The number of aliphatic carboxylic acids is 5. The number of carboxylic acid groups (broad SMARTS) is 5. The normalized spacial score (nSPS) is 12.2. The van der Waals surface area contributed by atoms with Crippen LogP contribution in [0.15, 0.2) is 107 Å². The predicted molar refractivity (Wildman–Crippen MR) is 318 cm³/mol. The molecular weight excluding hydrogens is 1290 g/mol. The molecule has 4 aromatic rings. The first-order chi connectivity index (χ1) is 43.9. The van der Waals surface area contributed by atoms with E-state index < -0.39 is 106 Å². The van der Waals surface area contributed by atoms with Gasteiger partial charge in [0.25, 0.3) is 20.4 Å². The number of alkyl halides is 3. The number of hydrogen-bond acceptors (Lipinski definition) is 21. The molecule has 0 heterocycles. The highest BCUT2D eigenvalue weighted by atomic mass is 32.2.